The second kappa shape index (κ2) is 14.1. The molecule has 1 aliphatic rings. The summed E-state index contributed by atoms with van der Waals surface area (Å²) in [5, 5.41) is 16.5. The molecule has 1 aromatic carbocycles. The van der Waals surface area contributed by atoms with Gasteiger partial charge in [-0.15, -0.1) is 0 Å². The Morgan fingerprint density at radius 2 is 1.84 bits per heavy atom. The van der Waals surface area contributed by atoms with Crippen LogP contribution in [-0.4, -0.2) is 64.8 Å². The van der Waals surface area contributed by atoms with Gasteiger partial charge in [0.2, 0.25) is 11.8 Å². The number of likely N-dealkylation sites (tertiary alicyclic amines) is 1. The lowest BCUT2D eigenvalue weighted by Gasteiger charge is -2.26. The number of rotatable bonds is 11. The number of carbonyl (C=O) groups excluding carboxylic acids is 3. The molecule has 0 spiro atoms. The van der Waals surface area contributed by atoms with Crippen LogP contribution in [0.1, 0.15) is 60.0 Å². The number of aromatic nitrogens is 1. The second-order valence-corrected chi connectivity index (χ2v) is 9.65. The summed E-state index contributed by atoms with van der Waals surface area (Å²) in [4.78, 5) is 58.0. The van der Waals surface area contributed by atoms with Crippen molar-refractivity contribution in [2.24, 2.45) is 4.99 Å². The molecule has 1 aromatic heterocycles. The van der Waals surface area contributed by atoms with Gasteiger partial charge in [-0.25, -0.2) is 14.8 Å². The average molecular weight is 529 g/mol. The fraction of sp³-hybridized carbons (Fsp3) is 0.440. The average Bonchev–Trinajstić information content (AvgIpc) is 3.28. The van der Waals surface area contributed by atoms with Gasteiger partial charge in [0, 0.05) is 33.0 Å². The van der Waals surface area contributed by atoms with E-state index in [4.69, 9.17) is 5.11 Å². The number of carboxylic acid groups (broad SMARTS) is 1. The molecule has 3 rings (SSSR count). The lowest BCUT2D eigenvalue weighted by molar-refractivity contribution is -0.132. The SMILES string of the molecule is CC(=O)Nc1nc(CCc2ccc(N=CNC(=O)O)cc2)c(C(=O)NCCCC(=O)N2CCCCC2)s1. The van der Waals surface area contributed by atoms with Crippen LogP contribution >= 0.6 is 11.3 Å². The quantitative estimate of drug-likeness (QED) is 0.199. The Morgan fingerprint density at radius 3 is 2.51 bits per heavy atom. The highest BCUT2D eigenvalue weighted by atomic mass is 32.1. The molecule has 0 radical (unpaired) electrons. The maximum Gasteiger partial charge on any atom is 0.409 e. The summed E-state index contributed by atoms with van der Waals surface area (Å²) in [6.07, 6.45) is 5.23. The van der Waals surface area contributed by atoms with E-state index in [0.717, 1.165) is 49.2 Å². The predicted octanol–water partition coefficient (Wildman–Crippen LogP) is 3.34. The van der Waals surface area contributed by atoms with Gasteiger partial charge in [0.1, 0.15) is 4.88 Å². The molecule has 0 unspecified atom stereocenters. The summed E-state index contributed by atoms with van der Waals surface area (Å²) in [5.41, 5.74) is 2.17. The van der Waals surface area contributed by atoms with Crippen LogP contribution in [0.4, 0.5) is 15.6 Å². The lowest BCUT2D eigenvalue weighted by Crippen LogP contribution is -2.36. The normalized spacial score (nSPS) is 13.4. The van der Waals surface area contributed by atoms with Gasteiger partial charge in [-0.1, -0.05) is 23.5 Å². The molecule has 1 fully saturated rings. The molecule has 12 heteroatoms. The van der Waals surface area contributed by atoms with Crippen molar-refractivity contribution in [3.05, 3.63) is 40.4 Å². The van der Waals surface area contributed by atoms with Crippen molar-refractivity contribution in [3.8, 4) is 0 Å². The number of amides is 4. The van der Waals surface area contributed by atoms with E-state index in [1.807, 2.05) is 17.0 Å². The topological polar surface area (TPSA) is 153 Å². The van der Waals surface area contributed by atoms with Crippen molar-refractivity contribution in [2.75, 3.05) is 25.0 Å². The van der Waals surface area contributed by atoms with Gasteiger partial charge in [0.05, 0.1) is 17.7 Å². The number of benzene rings is 1. The minimum atomic E-state index is -1.19. The molecule has 2 heterocycles. The monoisotopic (exact) mass is 528 g/mol. The number of thiazole rings is 1. The van der Waals surface area contributed by atoms with Crippen LogP contribution in [0.25, 0.3) is 0 Å². The van der Waals surface area contributed by atoms with E-state index in [-0.39, 0.29) is 17.7 Å². The van der Waals surface area contributed by atoms with Gasteiger partial charge in [-0.3, -0.25) is 19.7 Å². The number of piperidine rings is 1. The highest BCUT2D eigenvalue weighted by Crippen LogP contribution is 2.25. The Balaban J connectivity index is 1.55. The van der Waals surface area contributed by atoms with Crippen LogP contribution in [-0.2, 0) is 22.4 Å². The van der Waals surface area contributed by atoms with E-state index < -0.39 is 6.09 Å². The first-order valence-corrected chi connectivity index (χ1v) is 13.1. The molecule has 2 aromatic rings. The van der Waals surface area contributed by atoms with Crippen molar-refractivity contribution < 1.29 is 24.3 Å². The Hall–Kier alpha value is -3.80. The van der Waals surface area contributed by atoms with Crippen molar-refractivity contribution in [2.45, 2.75) is 51.9 Å². The van der Waals surface area contributed by atoms with Gasteiger partial charge in [-0.2, -0.15) is 0 Å². The fourth-order valence-electron chi connectivity index (χ4n) is 3.90. The molecule has 1 saturated heterocycles. The van der Waals surface area contributed by atoms with Gasteiger partial charge < -0.3 is 20.6 Å². The first kappa shape index (κ1) is 27.8. The van der Waals surface area contributed by atoms with Crippen molar-refractivity contribution in [3.63, 3.8) is 0 Å². The molecule has 4 amide bonds. The van der Waals surface area contributed by atoms with Crippen LogP contribution in [0.3, 0.4) is 0 Å². The molecule has 4 N–H and O–H groups in total. The van der Waals surface area contributed by atoms with E-state index in [1.165, 1.54) is 13.3 Å². The minimum Gasteiger partial charge on any atom is -0.465 e. The predicted molar refractivity (Wildman–Crippen MR) is 142 cm³/mol. The number of nitrogens with zero attached hydrogens (tertiary/aromatic N) is 3. The maximum atomic E-state index is 12.9. The van der Waals surface area contributed by atoms with Crippen LogP contribution in [0, 0.1) is 0 Å². The number of aliphatic imine (C=N–C) groups is 1. The zero-order valence-electron chi connectivity index (χ0n) is 20.8. The maximum absolute atomic E-state index is 12.9. The first-order chi connectivity index (χ1) is 17.8. The second-order valence-electron chi connectivity index (χ2n) is 8.65. The van der Waals surface area contributed by atoms with Crippen LogP contribution in [0.2, 0.25) is 0 Å². The standard InChI is InChI=1S/C25H32N6O5S/c1-17(32)29-24-30-20(12-9-18-7-10-19(11-8-18)27-16-28-25(35)36)22(37-24)23(34)26-13-5-6-21(33)31-14-3-2-4-15-31/h7-8,10-11,16H,2-6,9,12-15H2,1H3,(H,26,34)(H,27,28)(H,35,36)(H,29,30,32). The smallest absolute Gasteiger partial charge is 0.409 e. The Morgan fingerprint density at radius 1 is 1.11 bits per heavy atom. The third kappa shape index (κ3) is 9.30. The zero-order chi connectivity index (χ0) is 26.6. The number of nitrogens with one attached hydrogen (secondary N) is 3. The third-order valence-corrected chi connectivity index (χ3v) is 6.75. The van der Waals surface area contributed by atoms with Gasteiger partial charge in [0.15, 0.2) is 5.13 Å². The number of hydrogen-bond donors (Lipinski definition) is 4. The molecule has 0 aliphatic carbocycles. The van der Waals surface area contributed by atoms with Crippen LogP contribution in [0.5, 0.6) is 0 Å². The molecule has 0 saturated carbocycles. The molecule has 1 aliphatic heterocycles. The van der Waals surface area contributed by atoms with E-state index in [0.29, 0.717) is 53.6 Å². The van der Waals surface area contributed by atoms with E-state index >= 15 is 0 Å². The zero-order valence-corrected chi connectivity index (χ0v) is 21.6. The molecule has 11 nitrogen and oxygen atoms in total. The number of anilines is 1. The highest BCUT2D eigenvalue weighted by molar-refractivity contribution is 7.17. The largest absolute Gasteiger partial charge is 0.465 e. The number of hydrogen-bond acceptors (Lipinski definition) is 7. The summed E-state index contributed by atoms with van der Waals surface area (Å²) < 4.78 is 0. The van der Waals surface area contributed by atoms with E-state index in [9.17, 15) is 19.2 Å². The molecular weight excluding hydrogens is 496 g/mol. The summed E-state index contributed by atoms with van der Waals surface area (Å²) in [5.74, 6) is -0.405. The summed E-state index contributed by atoms with van der Waals surface area (Å²) >= 11 is 1.13. The van der Waals surface area contributed by atoms with Gasteiger partial charge >= 0.3 is 6.09 Å². The molecule has 0 bridgehead atoms. The van der Waals surface area contributed by atoms with Crippen molar-refractivity contribution in [1.29, 1.82) is 0 Å². The summed E-state index contributed by atoms with van der Waals surface area (Å²) in [6.45, 7) is 3.40. The van der Waals surface area contributed by atoms with Crippen LogP contribution < -0.4 is 16.0 Å². The lowest BCUT2D eigenvalue weighted by atomic mass is 10.1. The molecule has 37 heavy (non-hydrogen) atoms. The Kier molecular flexibility index (Phi) is 10.6. The number of carbonyl (C=O) groups is 4. The van der Waals surface area contributed by atoms with Gasteiger partial charge in [0.25, 0.3) is 5.91 Å². The molecule has 198 valence electrons. The number of aryl methyl sites for hydroxylation is 2. The van der Waals surface area contributed by atoms with Crippen molar-refractivity contribution >= 4 is 52.3 Å². The van der Waals surface area contributed by atoms with Gasteiger partial charge in [-0.05, 0) is 56.2 Å². The van der Waals surface area contributed by atoms with E-state index in [1.54, 1.807) is 12.1 Å². The minimum absolute atomic E-state index is 0.134. The van der Waals surface area contributed by atoms with Crippen molar-refractivity contribution in [1.82, 2.24) is 20.5 Å². The first-order valence-electron chi connectivity index (χ1n) is 12.3. The molecular formula is C25H32N6O5S. The Bertz CT molecular complexity index is 1130. The summed E-state index contributed by atoms with van der Waals surface area (Å²) in [7, 11) is 0. The van der Waals surface area contributed by atoms with Crippen LogP contribution in [0.15, 0.2) is 29.3 Å². The molecule has 0 atom stereocenters. The summed E-state index contributed by atoms with van der Waals surface area (Å²) in [6, 6.07) is 7.26. The highest BCUT2D eigenvalue weighted by Gasteiger charge is 2.19. The third-order valence-electron chi connectivity index (χ3n) is 5.74. The van der Waals surface area contributed by atoms with E-state index in [2.05, 4.69) is 25.9 Å². The Labute approximate surface area is 219 Å². The fourth-order valence-corrected chi connectivity index (χ4v) is 4.87.